The first-order chi connectivity index (χ1) is 7.20. The summed E-state index contributed by atoms with van der Waals surface area (Å²) in [7, 11) is 0. The molecule has 1 N–H and O–H groups in total. The largest absolute Gasteiger partial charge is 0.311 e. The molecule has 0 aliphatic heterocycles. The SMILES string of the molecule is Cc1ccccc1CCCNCC(F)F. The van der Waals surface area contributed by atoms with Crippen molar-refractivity contribution in [3.63, 3.8) is 0 Å². The van der Waals surface area contributed by atoms with Gasteiger partial charge in [-0.3, -0.25) is 0 Å². The summed E-state index contributed by atoms with van der Waals surface area (Å²) in [5.41, 5.74) is 2.57. The smallest absolute Gasteiger partial charge is 0.250 e. The minimum atomic E-state index is -2.25. The van der Waals surface area contributed by atoms with Gasteiger partial charge in [0.1, 0.15) is 0 Å². The van der Waals surface area contributed by atoms with Gasteiger partial charge in [-0.25, -0.2) is 8.78 Å². The van der Waals surface area contributed by atoms with Crippen molar-refractivity contribution in [1.82, 2.24) is 5.32 Å². The predicted molar refractivity (Wildman–Crippen MR) is 58.4 cm³/mol. The van der Waals surface area contributed by atoms with Crippen molar-refractivity contribution in [2.45, 2.75) is 26.2 Å². The zero-order chi connectivity index (χ0) is 11.1. The molecule has 0 radical (unpaired) electrons. The molecule has 0 atom stereocenters. The molecule has 15 heavy (non-hydrogen) atoms. The van der Waals surface area contributed by atoms with Crippen LogP contribution in [0.25, 0.3) is 0 Å². The number of alkyl halides is 2. The molecule has 0 heterocycles. The average Bonchev–Trinajstić information content (AvgIpc) is 2.20. The molecule has 0 unspecified atom stereocenters. The van der Waals surface area contributed by atoms with E-state index in [-0.39, 0.29) is 6.54 Å². The van der Waals surface area contributed by atoms with Crippen molar-refractivity contribution in [3.05, 3.63) is 35.4 Å². The lowest BCUT2D eigenvalue weighted by molar-refractivity contribution is 0.146. The third-order valence-corrected chi connectivity index (χ3v) is 2.36. The second kappa shape index (κ2) is 6.51. The number of hydrogen-bond acceptors (Lipinski definition) is 1. The van der Waals surface area contributed by atoms with Crippen LogP contribution in [0.1, 0.15) is 17.5 Å². The van der Waals surface area contributed by atoms with E-state index in [0.717, 1.165) is 12.8 Å². The van der Waals surface area contributed by atoms with E-state index < -0.39 is 6.43 Å². The van der Waals surface area contributed by atoms with Crippen LogP contribution in [0.2, 0.25) is 0 Å². The van der Waals surface area contributed by atoms with E-state index in [2.05, 4.69) is 24.4 Å². The molecular weight excluding hydrogens is 196 g/mol. The van der Waals surface area contributed by atoms with Crippen LogP contribution < -0.4 is 5.32 Å². The maximum atomic E-state index is 11.8. The lowest BCUT2D eigenvalue weighted by Gasteiger charge is -2.06. The number of nitrogens with one attached hydrogen (secondary N) is 1. The second-order valence-corrected chi connectivity index (χ2v) is 3.63. The molecule has 0 saturated carbocycles. The Morgan fingerprint density at radius 3 is 2.67 bits per heavy atom. The second-order valence-electron chi connectivity index (χ2n) is 3.63. The number of aryl methyl sites for hydroxylation is 2. The Hall–Kier alpha value is -0.960. The molecule has 3 heteroatoms. The third-order valence-electron chi connectivity index (χ3n) is 2.36. The quantitative estimate of drug-likeness (QED) is 0.716. The summed E-state index contributed by atoms with van der Waals surface area (Å²) >= 11 is 0. The summed E-state index contributed by atoms with van der Waals surface area (Å²) in [5, 5.41) is 2.72. The van der Waals surface area contributed by atoms with Gasteiger partial charge in [0, 0.05) is 0 Å². The van der Waals surface area contributed by atoms with E-state index in [1.165, 1.54) is 11.1 Å². The molecule has 0 aliphatic rings. The lowest BCUT2D eigenvalue weighted by Crippen LogP contribution is -2.22. The van der Waals surface area contributed by atoms with Crippen LogP contribution in [-0.4, -0.2) is 19.5 Å². The van der Waals surface area contributed by atoms with Crippen molar-refractivity contribution in [3.8, 4) is 0 Å². The van der Waals surface area contributed by atoms with Gasteiger partial charge in [0.15, 0.2) is 0 Å². The molecule has 0 aliphatic carbocycles. The Balaban J connectivity index is 2.18. The Kier molecular flexibility index (Phi) is 5.26. The Bertz CT molecular complexity index is 287. The van der Waals surface area contributed by atoms with Gasteiger partial charge in [-0.2, -0.15) is 0 Å². The summed E-state index contributed by atoms with van der Waals surface area (Å²) in [5.74, 6) is 0. The molecule has 1 aromatic carbocycles. The van der Waals surface area contributed by atoms with Gasteiger partial charge < -0.3 is 5.32 Å². The highest BCUT2D eigenvalue weighted by molar-refractivity contribution is 5.25. The summed E-state index contributed by atoms with van der Waals surface area (Å²) in [6.45, 7) is 2.52. The fraction of sp³-hybridized carbons (Fsp3) is 0.500. The summed E-state index contributed by atoms with van der Waals surface area (Å²) in [6, 6.07) is 8.17. The maximum Gasteiger partial charge on any atom is 0.250 e. The number of halogens is 2. The van der Waals surface area contributed by atoms with Crippen LogP contribution in [-0.2, 0) is 6.42 Å². The van der Waals surface area contributed by atoms with Gasteiger partial charge >= 0.3 is 0 Å². The van der Waals surface area contributed by atoms with Gasteiger partial charge in [0.05, 0.1) is 6.54 Å². The molecule has 1 aromatic rings. The minimum Gasteiger partial charge on any atom is -0.311 e. The van der Waals surface area contributed by atoms with Crippen LogP contribution in [0.3, 0.4) is 0 Å². The summed E-state index contributed by atoms with van der Waals surface area (Å²) < 4.78 is 23.6. The Morgan fingerprint density at radius 2 is 2.00 bits per heavy atom. The minimum absolute atomic E-state index is 0.201. The first-order valence-electron chi connectivity index (χ1n) is 5.23. The number of rotatable bonds is 6. The van der Waals surface area contributed by atoms with Crippen molar-refractivity contribution in [2.24, 2.45) is 0 Å². The number of benzene rings is 1. The van der Waals surface area contributed by atoms with E-state index in [9.17, 15) is 8.78 Å². The van der Waals surface area contributed by atoms with E-state index in [1.54, 1.807) is 0 Å². The van der Waals surface area contributed by atoms with Crippen LogP contribution >= 0.6 is 0 Å². The molecule has 0 aromatic heterocycles. The van der Waals surface area contributed by atoms with E-state index in [1.807, 2.05) is 12.1 Å². The summed E-state index contributed by atoms with van der Waals surface area (Å²) in [6.07, 6.45) is -0.399. The summed E-state index contributed by atoms with van der Waals surface area (Å²) in [4.78, 5) is 0. The van der Waals surface area contributed by atoms with Crippen LogP contribution in [0.15, 0.2) is 24.3 Å². The molecule has 0 amide bonds. The van der Waals surface area contributed by atoms with E-state index >= 15 is 0 Å². The van der Waals surface area contributed by atoms with Crippen molar-refractivity contribution in [2.75, 3.05) is 13.1 Å². The molecule has 0 saturated heterocycles. The van der Waals surface area contributed by atoms with Crippen molar-refractivity contribution in [1.29, 1.82) is 0 Å². The first kappa shape index (κ1) is 12.1. The fourth-order valence-corrected chi connectivity index (χ4v) is 1.51. The molecule has 0 fully saturated rings. The zero-order valence-electron chi connectivity index (χ0n) is 8.97. The number of hydrogen-bond donors (Lipinski definition) is 1. The molecule has 0 spiro atoms. The fourth-order valence-electron chi connectivity index (χ4n) is 1.51. The van der Waals surface area contributed by atoms with Crippen LogP contribution in [0, 0.1) is 6.92 Å². The first-order valence-corrected chi connectivity index (χ1v) is 5.23. The maximum absolute atomic E-state index is 11.8. The molecule has 84 valence electrons. The molecule has 0 bridgehead atoms. The molecular formula is C12H17F2N. The van der Waals surface area contributed by atoms with Gasteiger partial charge in [0.25, 0.3) is 6.43 Å². The van der Waals surface area contributed by atoms with E-state index in [4.69, 9.17) is 0 Å². The zero-order valence-corrected chi connectivity index (χ0v) is 8.97. The highest BCUT2D eigenvalue weighted by Crippen LogP contribution is 2.08. The van der Waals surface area contributed by atoms with Crippen LogP contribution in [0.4, 0.5) is 8.78 Å². The van der Waals surface area contributed by atoms with Gasteiger partial charge in [-0.05, 0) is 37.4 Å². The van der Waals surface area contributed by atoms with Gasteiger partial charge in [-0.15, -0.1) is 0 Å². The van der Waals surface area contributed by atoms with Gasteiger partial charge in [0.2, 0.25) is 0 Å². The van der Waals surface area contributed by atoms with E-state index in [0.29, 0.717) is 6.54 Å². The standard InChI is InChI=1S/C12H17F2N/c1-10-5-2-3-6-11(10)7-4-8-15-9-12(13)14/h2-3,5-6,12,15H,4,7-9H2,1H3. The Labute approximate surface area is 89.5 Å². The Morgan fingerprint density at radius 1 is 1.27 bits per heavy atom. The van der Waals surface area contributed by atoms with Crippen molar-refractivity contribution < 1.29 is 8.78 Å². The predicted octanol–water partition coefficient (Wildman–Crippen LogP) is 2.78. The molecule has 1 nitrogen and oxygen atoms in total. The molecule has 1 rings (SSSR count). The van der Waals surface area contributed by atoms with Crippen LogP contribution in [0.5, 0.6) is 0 Å². The highest BCUT2D eigenvalue weighted by atomic mass is 19.3. The normalized spacial score (nSPS) is 10.9. The van der Waals surface area contributed by atoms with Gasteiger partial charge in [-0.1, -0.05) is 24.3 Å². The average molecular weight is 213 g/mol. The van der Waals surface area contributed by atoms with Crippen molar-refractivity contribution >= 4 is 0 Å². The topological polar surface area (TPSA) is 12.0 Å². The lowest BCUT2D eigenvalue weighted by atomic mass is 10.0. The third kappa shape index (κ3) is 4.88. The monoisotopic (exact) mass is 213 g/mol. The highest BCUT2D eigenvalue weighted by Gasteiger charge is 2.00.